The molecular weight excluding hydrogens is 448 g/mol. The van der Waals surface area contributed by atoms with Crippen LogP contribution in [0, 0.1) is 6.92 Å². The first kappa shape index (κ1) is 24.4. The van der Waals surface area contributed by atoms with E-state index in [-0.39, 0.29) is 5.91 Å². The van der Waals surface area contributed by atoms with Crippen LogP contribution < -0.4 is 5.32 Å². The van der Waals surface area contributed by atoms with Crippen LogP contribution in [0.3, 0.4) is 0 Å². The summed E-state index contributed by atoms with van der Waals surface area (Å²) in [7, 11) is -3.49. The Morgan fingerprint density at radius 3 is 2.62 bits per heavy atom. The van der Waals surface area contributed by atoms with Gasteiger partial charge in [0.15, 0.2) is 0 Å². The van der Waals surface area contributed by atoms with Crippen LogP contribution in [0.1, 0.15) is 49.6 Å². The number of carbonyl (C=O) groups is 1. The third-order valence-corrected chi connectivity index (χ3v) is 8.24. The van der Waals surface area contributed by atoms with Crippen molar-refractivity contribution in [1.82, 2.24) is 19.2 Å². The number of fused-ring (bicyclic) bond motifs is 1. The molecule has 0 spiro atoms. The number of imidazole rings is 1. The van der Waals surface area contributed by atoms with Crippen LogP contribution in [-0.4, -0.2) is 47.8 Å². The van der Waals surface area contributed by atoms with Crippen molar-refractivity contribution in [2.24, 2.45) is 0 Å². The minimum absolute atomic E-state index is 0.0000536. The van der Waals surface area contributed by atoms with E-state index in [0.717, 1.165) is 43.6 Å². The number of carbonyl (C=O) groups excluding carboxylic acids is 1. The molecule has 2 aromatic carbocycles. The first-order valence-electron chi connectivity index (χ1n) is 12.2. The number of nitrogens with one attached hydrogen (secondary N) is 1. The van der Waals surface area contributed by atoms with Crippen LogP contribution in [0.4, 0.5) is 0 Å². The normalized spacial score (nSPS) is 14.6. The van der Waals surface area contributed by atoms with Crippen LogP contribution in [0.2, 0.25) is 0 Å². The Labute approximate surface area is 202 Å². The predicted molar refractivity (Wildman–Crippen MR) is 134 cm³/mol. The van der Waals surface area contributed by atoms with Crippen molar-refractivity contribution in [3.05, 3.63) is 59.4 Å². The van der Waals surface area contributed by atoms with E-state index in [0.29, 0.717) is 42.9 Å². The standard InChI is InChI=1S/C26H34N4O3S/c1-3-15-30-24-10-9-22(34(32,33)29-16-4-5-17-29)19-23(24)28-25(30)11-12-26(31)27-14-13-21-8-6-7-20(2)18-21/h6-10,18-19H,3-5,11-17H2,1-2H3,(H,27,31). The molecule has 1 amide bonds. The van der Waals surface area contributed by atoms with Crippen molar-refractivity contribution in [3.63, 3.8) is 0 Å². The van der Waals surface area contributed by atoms with E-state index in [1.807, 2.05) is 12.1 Å². The number of hydrogen-bond donors (Lipinski definition) is 1. The lowest BCUT2D eigenvalue weighted by atomic mass is 10.1. The Morgan fingerprint density at radius 2 is 1.88 bits per heavy atom. The Bertz CT molecular complexity index is 1260. The molecule has 1 aromatic heterocycles. The maximum atomic E-state index is 13.0. The zero-order valence-corrected chi connectivity index (χ0v) is 20.9. The molecule has 4 rings (SSSR count). The molecule has 0 atom stereocenters. The van der Waals surface area contributed by atoms with Crippen LogP contribution in [0.5, 0.6) is 0 Å². The Morgan fingerprint density at radius 1 is 1.09 bits per heavy atom. The zero-order chi connectivity index (χ0) is 24.1. The molecule has 0 radical (unpaired) electrons. The second-order valence-electron chi connectivity index (χ2n) is 9.03. The van der Waals surface area contributed by atoms with E-state index < -0.39 is 10.0 Å². The summed E-state index contributed by atoms with van der Waals surface area (Å²) < 4.78 is 29.6. The molecule has 2 heterocycles. The van der Waals surface area contributed by atoms with Crippen LogP contribution in [-0.2, 0) is 34.2 Å². The van der Waals surface area contributed by atoms with Gasteiger partial charge >= 0.3 is 0 Å². The van der Waals surface area contributed by atoms with Gasteiger partial charge in [0.25, 0.3) is 0 Å². The number of amides is 1. The first-order chi connectivity index (χ1) is 16.4. The summed E-state index contributed by atoms with van der Waals surface area (Å²) in [6.45, 7) is 6.70. The molecule has 8 heteroatoms. The summed E-state index contributed by atoms with van der Waals surface area (Å²) in [5.41, 5.74) is 4.01. The summed E-state index contributed by atoms with van der Waals surface area (Å²) in [5.74, 6) is 0.821. The van der Waals surface area contributed by atoms with Crippen LogP contribution in [0.15, 0.2) is 47.4 Å². The van der Waals surface area contributed by atoms with Crippen LogP contribution >= 0.6 is 0 Å². The van der Waals surface area contributed by atoms with Gasteiger partial charge in [-0.3, -0.25) is 4.79 Å². The molecule has 1 saturated heterocycles. The quantitative estimate of drug-likeness (QED) is 0.476. The highest BCUT2D eigenvalue weighted by Crippen LogP contribution is 2.25. The van der Waals surface area contributed by atoms with Gasteiger partial charge in [-0.1, -0.05) is 36.8 Å². The van der Waals surface area contributed by atoms with Crippen molar-refractivity contribution in [1.29, 1.82) is 0 Å². The van der Waals surface area contributed by atoms with E-state index in [1.54, 1.807) is 16.4 Å². The van der Waals surface area contributed by atoms with Crippen molar-refractivity contribution in [2.45, 2.75) is 63.8 Å². The molecule has 34 heavy (non-hydrogen) atoms. The minimum Gasteiger partial charge on any atom is -0.356 e. The summed E-state index contributed by atoms with van der Waals surface area (Å²) in [6, 6.07) is 13.5. The van der Waals surface area contributed by atoms with Gasteiger partial charge in [0.1, 0.15) is 5.82 Å². The molecule has 1 fully saturated rings. The van der Waals surface area contributed by atoms with Gasteiger partial charge in [-0.15, -0.1) is 0 Å². The summed E-state index contributed by atoms with van der Waals surface area (Å²) in [4.78, 5) is 17.5. The molecular formula is C26H34N4O3S. The van der Waals surface area contributed by atoms with E-state index in [2.05, 4.69) is 41.9 Å². The Hall–Kier alpha value is -2.71. The van der Waals surface area contributed by atoms with Crippen molar-refractivity contribution in [2.75, 3.05) is 19.6 Å². The Kier molecular flexibility index (Phi) is 7.68. The number of aromatic nitrogens is 2. The SMILES string of the molecule is CCCn1c(CCC(=O)NCCc2cccc(C)c2)nc2cc(S(=O)(=O)N3CCCC3)ccc21. The fourth-order valence-electron chi connectivity index (χ4n) is 4.59. The summed E-state index contributed by atoms with van der Waals surface area (Å²) in [6.07, 6.45) is 4.40. The summed E-state index contributed by atoms with van der Waals surface area (Å²) in [5, 5.41) is 3.01. The molecule has 182 valence electrons. The van der Waals surface area contributed by atoms with Gasteiger partial charge in [-0.25, -0.2) is 13.4 Å². The molecule has 7 nitrogen and oxygen atoms in total. The van der Waals surface area contributed by atoms with Crippen molar-refractivity contribution >= 4 is 27.0 Å². The smallest absolute Gasteiger partial charge is 0.243 e. The number of benzene rings is 2. The molecule has 1 N–H and O–H groups in total. The molecule has 1 aliphatic rings. The van der Waals surface area contributed by atoms with Gasteiger partial charge in [0.2, 0.25) is 15.9 Å². The second kappa shape index (κ2) is 10.7. The number of sulfonamides is 1. The fourth-order valence-corrected chi connectivity index (χ4v) is 6.13. The predicted octanol–water partition coefficient (Wildman–Crippen LogP) is 3.83. The maximum Gasteiger partial charge on any atom is 0.243 e. The minimum atomic E-state index is -3.49. The third-order valence-electron chi connectivity index (χ3n) is 6.34. The van der Waals surface area contributed by atoms with E-state index in [9.17, 15) is 13.2 Å². The average molecular weight is 483 g/mol. The van der Waals surface area contributed by atoms with Gasteiger partial charge in [0.05, 0.1) is 15.9 Å². The first-order valence-corrected chi connectivity index (χ1v) is 13.6. The van der Waals surface area contributed by atoms with E-state index in [4.69, 9.17) is 4.98 Å². The largest absolute Gasteiger partial charge is 0.356 e. The highest BCUT2D eigenvalue weighted by molar-refractivity contribution is 7.89. The highest BCUT2D eigenvalue weighted by atomic mass is 32.2. The number of rotatable bonds is 10. The third kappa shape index (κ3) is 5.50. The van der Waals surface area contributed by atoms with Crippen LogP contribution in [0.25, 0.3) is 11.0 Å². The average Bonchev–Trinajstić information content (AvgIpc) is 3.47. The molecule has 1 aliphatic heterocycles. The number of aryl methyl sites for hydroxylation is 3. The molecule has 0 unspecified atom stereocenters. The lowest BCUT2D eigenvalue weighted by Gasteiger charge is -2.15. The molecule has 0 bridgehead atoms. The lowest BCUT2D eigenvalue weighted by Crippen LogP contribution is -2.27. The molecule has 0 aliphatic carbocycles. The van der Waals surface area contributed by atoms with Crippen molar-refractivity contribution in [3.8, 4) is 0 Å². The fraction of sp³-hybridized carbons (Fsp3) is 0.462. The number of hydrogen-bond acceptors (Lipinski definition) is 4. The number of nitrogens with zero attached hydrogens (tertiary/aromatic N) is 3. The molecule has 3 aromatic rings. The van der Waals surface area contributed by atoms with E-state index >= 15 is 0 Å². The lowest BCUT2D eigenvalue weighted by molar-refractivity contribution is -0.121. The van der Waals surface area contributed by atoms with Gasteiger partial charge in [-0.05, 0) is 56.4 Å². The van der Waals surface area contributed by atoms with Gasteiger partial charge < -0.3 is 9.88 Å². The monoisotopic (exact) mass is 482 g/mol. The molecule has 0 saturated carbocycles. The van der Waals surface area contributed by atoms with Gasteiger partial charge in [-0.2, -0.15) is 4.31 Å². The van der Waals surface area contributed by atoms with E-state index in [1.165, 1.54) is 11.1 Å². The summed E-state index contributed by atoms with van der Waals surface area (Å²) >= 11 is 0. The Balaban J connectivity index is 1.43. The van der Waals surface area contributed by atoms with Gasteiger partial charge in [0, 0.05) is 39.0 Å². The topological polar surface area (TPSA) is 84.3 Å². The second-order valence-corrected chi connectivity index (χ2v) is 11.0. The zero-order valence-electron chi connectivity index (χ0n) is 20.1. The highest BCUT2D eigenvalue weighted by Gasteiger charge is 2.27. The van der Waals surface area contributed by atoms with Crippen molar-refractivity contribution < 1.29 is 13.2 Å². The maximum absolute atomic E-state index is 13.0.